The maximum atomic E-state index is 6.20. The van der Waals surface area contributed by atoms with Crippen molar-refractivity contribution in [3.8, 4) is 34.3 Å². The van der Waals surface area contributed by atoms with E-state index in [1.807, 2.05) is 6.07 Å². The summed E-state index contributed by atoms with van der Waals surface area (Å²) < 4.78 is 52.9. The number of halogens is 2. The van der Waals surface area contributed by atoms with E-state index >= 15 is 0 Å². The van der Waals surface area contributed by atoms with E-state index in [1.54, 1.807) is 7.11 Å². The van der Waals surface area contributed by atoms with Crippen LogP contribution in [0.15, 0.2) is 36.5 Å². The first-order valence-electron chi connectivity index (χ1n) is 14.3. The molecule has 0 amide bonds. The Hall–Kier alpha value is -2.19. The first-order valence-corrected chi connectivity index (χ1v) is 15.4. The average molecular weight is 729 g/mol. The van der Waals surface area contributed by atoms with Crippen molar-refractivity contribution in [2.75, 3.05) is 91.9 Å². The number of methoxy groups -OCH3 is 1. The van der Waals surface area contributed by atoms with Crippen LogP contribution in [-0.2, 0) is 36.6 Å². The SMILES string of the molecule is COc1ccc2cc3[n+](cc2c1OCCOCCOCCOCCOCCOCCBr)CCc1cc2c(cc1-3)OCO2.[Br-]. The molecule has 3 aromatic rings. The number of nitrogens with zero attached hydrogens (tertiary/aromatic N) is 1. The van der Waals surface area contributed by atoms with Crippen molar-refractivity contribution < 1.29 is 64.2 Å². The number of benzene rings is 2. The smallest absolute Gasteiger partial charge is 0.231 e. The van der Waals surface area contributed by atoms with E-state index in [-0.39, 0.29) is 23.8 Å². The van der Waals surface area contributed by atoms with E-state index in [0.29, 0.717) is 84.2 Å². The number of aromatic nitrogens is 1. The second-order valence-corrected chi connectivity index (χ2v) is 10.5. The molecule has 2 aliphatic rings. The molecule has 2 aliphatic heterocycles. The van der Waals surface area contributed by atoms with E-state index in [1.165, 1.54) is 11.1 Å². The van der Waals surface area contributed by atoms with Gasteiger partial charge in [-0.25, -0.2) is 0 Å². The Labute approximate surface area is 271 Å². The summed E-state index contributed by atoms with van der Waals surface area (Å²) in [5.41, 5.74) is 3.58. The lowest BCUT2D eigenvalue weighted by atomic mass is 9.95. The highest BCUT2D eigenvalue weighted by Gasteiger charge is 2.28. The minimum atomic E-state index is 0. The molecule has 0 aliphatic carbocycles. The van der Waals surface area contributed by atoms with Crippen LogP contribution in [0.5, 0.6) is 23.0 Å². The van der Waals surface area contributed by atoms with Crippen molar-refractivity contribution in [1.82, 2.24) is 0 Å². The van der Waals surface area contributed by atoms with Crippen LogP contribution >= 0.6 is 15.9 Å². The molecule has 0 unspecified atom stereocenters. The lowest BCUT2D eigenvalue weighted by molar-refractivity contribution is -0.686. The van der Waals surface area contributed by atoms with Gasteiger partial charge in [0.1, 0.15) is 6.61 Å². The Morgan fingerprint density at radius 1 is 0.767 bits per heavy atom. The van der Waals surface area contributed by atoms with Crippen LogP contribution in [0.2, 0.25) is 0 Å². The minimum Gasteiger partial charge on any atom is -1.00 e. The van der Waals surface area contributed by atoms with Gasteiger partial charge in [-0.05, 0) is 35.2 Å². The molecular weight excluding hydrogens is 690 g/mol. The minimum absolute atomic E-state index is 0. The maximum absolute atomic E-state index is 6.20. The summed E-state index contributed by atoms with van der Waals surface area (Å²) in [6.07, 6.45) is 3.07. The standard InChI is InChI=1S/C31H39BrNO9.BrH/c1-34-28-3-2-23-18-27-25-20-30-29(41-22-42-30)19-24(25)4-6-33(27)21-26(23)31(28)40-17-16-39-15-14-38-13-12-37-11-10-36-9-8-35-7-5-32;/h2-3,18-21H,4-17,22H2,1H3;1H/q+1;/p-1. The highest BCUT2D eigenvalue weighted by Crippen LogP contribution is 2.41. The van der Waals surface area contributed by atoms with Crippen LogP contribution in [0.25, 0.3) is 22.0 Å². The Balaban J connectivity index is 0.00000423. The van der Waals surface area contributed by atoms with Crippen molar-refractivity contribution in [3.63, 3.8) is 0 Å². The van der Waals surface area contributed by atoms with E-state index in [2.05, 4.69) is 51.0 Å². The third kappa shape index (κ3) is 9.16. The Kier molecular flexibility index (Phi) is 14.1. The molecule has 0 spiro atoms. The van der Waals surface area contributed by atoms with E-state index < -0.39 is 0 Å². The predicted molar refractivity (Wildman–Crippen MR) is 159 cm³/mol. The van der Waals surface area contributed by atoms with Gasteiger partial charge in [0.25, 0.3) is 0 Å². The molecule has 1 aromatic heterocycles. The number of ether oxygens (including phenoxy) is 9. The van der Waals surface area contributed by atoms with Crippen molar-refractivity contribution >= 4 is 26.7 Å². The fourth-order valence-corrected chi connectivity index (χ4v) is 5.17. The molecule has 0 N–H and O–H groups in total. The molecule has 0 fully saturated rings. The van der Waals surface area contributed by atoms with E-state index in [9.17, 15) is 0 Å². The second-order valence-electron chi connectivity index (χ2n) is 9.66. The van der Waals surface area contributed by atoms with Gasteiger partial charge in [0.2, 0.25) is 12.5 Å². The van der Waals surface area contributed by atoms with Gasteiger partial charge in [0, 0.05) is 17.8 Å². The topological polar surface area (TPSA) is 87.0 Å². The maximum Gasteiger partial charge on any atom is 0.231 e. The summed E-state index contributed by atoms with van der Waals surface area (Å²) in [6, 6.07) is 10.4. The van der Waals surface area contributed by atoms with Gasteiger partial charge in [0.05, 0.1) is 84.1 Å². The molecule has 12 heteroatoms. The van der Waals surface area contributed by atoms with Gasteiger partial charge < -0.3 is 59.6 Å². The molecule has 0 saturated carbocycles. The summed E-state index contributed by atoms with van der Waals surface area (Å²) in [7, 11) is 1.66. The number of fused-ring (bicyclic) bond motifs is 5. The molecule has 2 aromatic carbocycles. The summed E-state index contributed by atoms with van der Waals surface area (Å²) in [5, 5.41) is 2.91. The van der Waals surface area contributed by atoms with Crippen LogP contribution in [0.1, 0.15) is 5.56 Å². The largest absolute Gasteiger partial charge is 1.00 e. The zero-order valence-corrected chi connectivity index (χ0v) is 27.6. The summed E-state index contributed by atoms with van der Waals surface area (Å²) >= 11 is 3.31. The molecule has 0 radical (unpaired) electrons. The fraction of sp³-hybridized carbons (Fsp3) is 0.516. The summed E-state index contributed by atoms with van der Waals surface area (Å²) in [4.78, 5) is 0. The molecule has 236 valence electrons. The number of alkyl halides is 1. The molecular formula is C31H39Br2NO9. The Morgan fingerprint density at radius 2 is 1.37 bits per heavy atom. The first-order chi connectivity index (χ1) is 20.8. The van der Waals surface area contributed by atoms with Gasteiger partial charge in [-0.3, -0.25) is 0 Å². The molecule has 43 heavy (non-hydrogen) atoms. The number of hydrogen-bond acceptors (Lipinski definition) is 9. The summed E-state index contributed by atoms with van der Waals surface area (Å²) in [5.74, 6) is 3.03. The molecule has 5 rings (SSSR count). The monoisotopic (exact) mass is 727 g/mol. The molecule has 0 atom stereocenters. The second kappa shape index (κ2) is 17.9. The third-order valence-corrected chi connectivity index (χ3v) is 7.30. The number of pyridine rings is 1. The quantitative estimate of drug-likeness (QED) is 0.102. The van der Waals surface area contributed by atoms with Gasteiger partial charge in [-0.1, -0.05) is 15.9 Å². The number of hydrogen-bond donors (Lipinski definition) is 0. The lowest BCUT2D eigenvalue weighted by Crippen LogP contribution is -3.00. The van der Waals surface area contributed by atoms with E-state index in [4.69, 9.17) is 42.6 Å². The van der Waals surface area contributed by atoms with E-state index in [0.717, 1.165) is 46.3 Å². The van der Waals surface area contributed by atoms with Crippen molar-refractivity contribution in [2.24, 2.45) is 0 Å². The number of aryl methyl sites for hydroxylation is 2. The third-order valence-electron chi connectivity index (χ3n) is 6.98. The Bertz CT molecular complexity index is 1310. The summed E-state index contributed by atoms with van der Waals surface area (Å²) in [6.45, 7) is 6.92. The van der Waals surface area contributed by atoms with Gasteiger partial charge in [0.15, 0.2) is 35.7 Å². The first kappa shape index (κ1) is 33.7. The van der Waals surface area contributed by atoms with Crippen LogP contribution < -0.4 is 40.5 Å². The zero-order chi connectivity index (χ0) is 29.0. The average Bonchev–Trinajstić information content (AvgIpc) is 3.48. The molecule has 0 saturated heterocycles. The predicted octanol–water partition coefficient (Wildman–Crippen LogP) is 0.948. The van der Waals surface area contributed by atoms with Gasteiger partial charge >= 0.3 is 0 Å². The highest BCUT2D eigenvalue weighted by molar-refractivity contribution is 9.09. The normalized spacial score (nSPS) is 13.0. The molecule has 10 nitrogen and oxygen atoms in total. The molecule has 3 heterocycles. The Morgan fingerprint density at radius 3 is 2.00 bits per heavy atom. The van der Waals surface area contributed by atoms with Crippen molar-refractivity contribution in [1.29, 1.82) is 0 Å². The molecule has 0 bridgehead atoms. The zero-order valence-electron chi connectivity index (χ0n) is 24.4. The van der Waals surface area contributed by atoms with Crippen LogP contribution in [0, 0.1) is 0 Å². The van der Waals surface area contributed by atoms with Gasteiger partial charge in [-0.2, -0.15) is 4.57 Å². The van der Waals surface area contributed by atoms with Crippen LogP contribution in [0.3, 0.4) is 0 Å². The van der Waals surface area contributed by atoms with Crippen LogP contribution in [-0.4, -0.2) is 91.9 Å². The fourth-order valence-electron chi connectivity index (χ4n) is 4.95. The van der Waals surface area contributed by atoms with Gasteiger partial charge in [-0.15, -0.1) is 0 Å². The van der Waals surface area contributed by atoms with Crippen LogP contribution in [0.4, 0.5) is 0 Å². The van der Waals surface area contributed by atoms with Crippen molar-refractivity contribution in [2.45, 2.75) is 13.0 Å². The van der Waals surface area contributed by atoms with Crippen molar-refractivity contribution in [3.05, 3.63) is 42.1 Å². The number of rotatable bonds is 19. The highest BCUT2D eigenvalue weighted by atomic mass is 79.9. The lowest BCUT2D eigenvalue weighted by Gasteiger charge is -2.18.